The van der Waals surface area contributed by atoms with E-state index in [4.69, 9.17) is 4.74 Å². The van der Waals surface area contributed by atoms with Gasteiger partial charge in [-0.2, -0.15) is 0 Å². The summed E-state index contributed by atoms with van der Waals surface area (Å²) in [7, 11) is 0. The van der Waals surface area contributed by atoms with Gasteiger partial charge in [-0.1, -0.05) is 24.3 Å². The van der Waals surface area contributed by atoms with Crippen LogP contribution in [0.15, 0.2) is 36.4 Å². The van der Waals surface area contributed by atoms with Crippen LogP contribution in [0.3, 0.4) is 0 Å². The molecule has 1 aliphatic rings. The minimum Gasteiger partial charge on any atom is -0.378 e. The maximum atomic E-state index is 5.56. The number of rotatable bonds is 5. The number of aromatic nitrogens is 1. The first-order chi connectivity index (χ1) is 9.35. The summed E-state index contributed by atoms with van der Waals surface area (Å²) in [5.41, 5.74) is 2.18. The van der Waals surface area contributed by atoms with E-state index in [0.29, 0.717) is 12.1 Å². The van der Waals surface area contributed by atoms with E-state index in [1.807, 2.05) is 12.1 Å². The van der Waals surface area contributed by atoms with Gasteiger partial charge >= 0.3 is 0 Å². The maximum Gasteiger partial charge on any atom is 0.0705 e. The number of hydrogen-bond donors (Lipinski definition) is 1. The molecule has 1 heterocycles. The molecule has 19 heavy (non-hydrogen) atoms. The van der Waals surface area contributed by atoms with Gasteiger partial charge in [-0.15, -0.1) is 0 Å². The Hall–Kier alpha value is -1.45. The molecular formula is C16H20N2O. The van der Waals surface area contributed by atoms with Crippen molar-refractivity contribution in [3.05, 3.63) is 42.1 Å². The van der Waals surface area contributed by atoms with Crippen LogP contribution >= 0.6 is 0 Å². The van der Waals surface area contributed by atoms with Crippen LogP contribution in [0, 0.1) is 0 Å². The SMILES string of the molecule is CCOC1CC(NCc2ccc3ccccc3n2)C1. The molecule has 0 unspecified atom stereocenters. The second kappa shape index (κ2) is 5.68. The molecule has 0 aliphatic heterocycles. The van der Waals surface area contributed by atoms with Crippen molar-refractivity contribution < 1.29 is 4.74 Å². The van der Waals surface area contributed by atoms with Gasteiger partial charge in [0.15, 0.2) is 0 Å². The molecule has 1 aromatic heterocycles. The molecule has 3 heteroatoms. The number of hydrogen-bond acceptors (Lipinski definition) is 3. The monoisotopic (exact) mass is 256 g/mol. The van der Waals surface area contributed by atoms with Crippen molar-refractivity contribution in [2.75, 3.05) is 6.61 Å². The van der Waals surface area contributed by atoms with Crippen molar-refractivity contribution in [1.82, 2.24) is 10.3 Å². The molecule has 0 amide bonds. The minimum atomic E-state index is 0.465. The second-order valence-electron chi connectivity index (χ2n) is 5.12. The Balaban J connectivity index is 1.55. The van der Waals surface area contributed by atoms with E-state index in [9.17, 15) is 0 Å². The molecule has 1 saturated carbocycles. The van der Waals surface area contributed by atoms with E-state index < -0.39 is 0 Å². The summed E-state index contributed by atoms with van der Waals surface area (Å²) in [6, 6.07) is 13.1. The van der Waals surface area contributed by atoms with Crippen LogP contribution in [0.1, 0.15) is 25.5 Å². The van der Waals surface area contributed by atoms with E-state index in [1.165, 1.54) is 5.39 Å². The predicted molar refractivity (Wildman–Crippen MR) is 77.0 cm³/mol. The zero-order valence-electron chi connectivity index (χ0n) is 11.3. The van der Waals surface area contributed by atoms with Gasteiger partial charge < -0.3 is 10.1 Å². The normalized spacial score (nSPS) is 22.4. The molecule has 2 aromatic rings. The van der Waals surface area contributed by atoms with Gasteiger partial charge in [0.25, 0.3) is 0 Å². The van der Waals surface area contributed by atoms with Crippen LogP contribution in [-0.2, 0) is 11.3 Å². The van der Waals surface area contributed by atoms with Crippen molar-refractivity contribution in [3.8, 4) is 0 Å². The molecule has 0 bridgehead atoms. The zero-order valence-corrected chi connectivity index (χ0v) is 11.3. The zero-order chi connectivity index (χ0) is 13.1. The van der Waals surface area contributed by atoms with Crippen molar-refractivity contribution in [1.29, 1.82) is 0 Å². The van der Waals surface area contributed by atoms with E-state index in [0.717, 1.165) is 37.2 Å². The molecule has 0 spiro atoms. The van der Waals surface area contributed by atoms with Gasteiger partial charge in [-0.25, -0.2) is 0 Å². The van der Waals surface area contributed by atoms with Gasteiger partial charge in [0.2, 0.25) is 0 Å². The molecule has 3 nitrogen and oxygen atoms in total. The molecule has 0 radical (unpaired) electrons. The molecule has 1 aliphatic carbocycles. The van der Waals surface area contributed by atoms with Crippen molar-refractivity contribution >= 4 is 10.9 Å². The highest BCUT2D eigenvalue weighted by Gasteiger charge is 2.28. The molecule has 1 fully saturated rings. The first-order valence-electron chi connectivity index (χ1n) is 7.05. The Kier molecular flexibility index (Phi) is 3.76. The number of nitrogens with one attached hydrogen (secondary N) is 1. The number of para-hydroxylation sites is 1. The topological polar surface area (TPSA) is 34.1 Å². The summed E-state index contributed by atoms with van der Waals surface area (Å²) in [6.45, 7) is 3.72. The third-order valence-corrected chi connectivity index (χ3v) is 3.73. The van der Waals surface area contributed by atoms with Crippen LogP contribution in [0.2, 0.25) is 0 Å². The molecule has 1 aromatic carbocycles. The van der Waals surface area contributed by atoms with Gasteiger partial charge in [0.1, 0.15) is 0 Å². The quantitative estimate of drug-likeness (QED) is 0.893. The highest BCUT2D eigenvalue weighted by Crippen LogP contribution is 2.23. The predicted octanol–water partition coefficient (Wildman–Crippen LogP) is 2.89. The second-order valence-corrected chi connectivity index (χ2v) is 5.12. The molecular weight excluding hydrogens is 236 g/mol. The van der Waals surface area contributed by atoms with E-state index in [-0.39, 0.29) is 0 Å². The summed E-state index contributed by atoms with van der Waals surface area (Å²) in [4.78, 5) is 4.67. The summed E-state index contributed by atoms with van der Waals surface area (Å²) >= 11 is 0. The van der Waals surface area contributed by atoms with Crippen molar-refractivity contribution in [2.45, 2.75) is 38.5 Å². The van der Waals surface area contributed by atoms with E-state index >= 15 is 0 Å². The minimum absolute atomic E-state index is 0.465. The summed E-state index contributed by atoms with van der Waals surface area (Å²) in [6.07, 6.45) is 2.72. The fourth-order valence-electron chi connectivity index (χ4n) is 2.56. The van der Waals surface area contributed by atoms with Crippen LogP contribution in [0.4, 0.5) is 0 Å². The lowest BCUT2D eigenvalue weighted by Crippen LogP contribution is -2.45. The number of fused-ring (bicyclic) bond motifs is 1. The third-order valence-electron chi connectivity index (χ3n) is 3.73. The highest BCUT2D eigenvalue weighted by molar-refractivity contribution is 5.78. The molecule has 3 rings (SSSR count). The van der Waals surface area contributed by atoms with Crippen molar-refractivity contribution in [2.24, 2.45) is 0 Å². The lowest BCUT2D eigenvalue weighted by atomic mass is 9.89. The lowest BCUT2D eigenvalue weighted by molar-refractivity contribution is -0.0103. The largest absolute Gasteiger partial charge is 0.378 e. The van der Waals surface area contributed by atoms with Gasteiger partial charge in [-0.05, 0) is 31.9 Å². The molecule has 0 atom stereocenters. The number of pyridine rings is 1. The Morgan fingerprint density at radius 2 is 2.05 bits per heavy atom. The Morgan fingerprint density at radius 1 is 1.21 bits per heavy atom. The number of nitrogens with zero attached hydrogens (tertiary/aromatic N) is 1. The standard InChI is InChI=1S/C16H20N2O/c1-2-19-15-9-14(10-15)17-11-13-8-7-12-5-3-4-6-16(12)18-13/h3-8,14-15,17H,2,9-11H2,1H3. The third kappa shape index (κ3) is 2.94. The fourth-order valence-corrected chi connectivity index (χ4v) is 2.56. The van der Waals surface area contributed by atoms with Crippen LogP contribution < -0.4 is 5.32 Å². The number of ether oxygens (including phenoxy) is 1. The molecule has 100 valence electrons. The van der Waals surface area contributed by atoms with Crippen LogP contribution in [-0.4, -0.2) is 23.7 Å². The van der Waals surface area contributed by atoms with Crippen LogP contribution in [0.25, 0.3) is 10.9 Å². The van der Waals surface area contributed by atoms with Gasteiger partial charge in [0, 0.05) is 24.6 Å². The Morgan fingerprint density at radius 3 is 2.89 bits per heavy atom. The average Bonchev–Trinajstić information content (AvgIpc) is 2.41. The number of benzene rings is 1. The van der Waals surface area contributed by atoms with Gasteiger partial charge in [0.05, 0.1) is 17.3 Å². The van der Waals surface area contributed by atoms with Crippen molar-refractivity contribution in [3.63, 3.8) is 0 Å². The summed E-state index contributed by atoms with van der Waals surface area (Å²) < 4.78 is 5.56. The van der Waals surface area contributed by atoms with E-state index in [2.05, 4.69) is 41.5 Å². The molecule has 1 N–H and O–H groups in total. The summed E-state index contributed by atoms with van der Waals surface area (Å²) in [5.74, 6) is 0. The first kappa shape index (κ1) is 12.6. The highest BCUT2D eigenvalue weighted by atomic mass is 16.5. The summed E-state index contributed by atoms with van der Waals surface area (Å²) in [5, 5.41) is 4.75. The Bertz CT molecular complexity index is 549. The molecule has 0 saturated heterocycles. The first-order valence-corrected chi connectivity index (χ1v) is 7.05. The van der Waals surface area contributed by atoms with Crippen LogP contribution in [0.5, 0.6) is 0 Å². The van der Waals surface area contributed by atoms with E-state index in [1.54, 1.807) is 0 Å². The maximum absolute atomic E-state index is 5.56. The Labute approximate surface area is 114 Å². The fraction of sp³-hybridized carbons (Fsp3) is 0.438. The average molecular weight is 256 g/mol. The van der Waals surface area contributed by atoms with Gasteiger partial charge in [-0.3, -0.25) is 4.98 Å². The smallest absolute Gasteiger partial charge is 0.0705 e. The lowest BCUT2D eigenvalue weighted by Gasteiger charge is -2.35.